The van der Waals surface area contributed by atoms with Gasteiger partial charge in [0.2, 0.25) is 5.78 Å². The third-order valence-electron chi connectivity index (χ3n) is 4.63. The number of carbonyl (C=O) groups is 2. The van der Waals surface area contributed by atoms with Gasteiger partial charge in [-0.3, -0.25) is 4.79 Å². The zero-order valence-corrected chi connectivity index (χ0v) is 14.9. The molecular formula is C21H23NO3. The van der Waals surface area contributed by atoms with Gasteiger partial charge in [-0.1, -0.05) is 18.2 Å². The second-order valence-corrected chi connectivity index (χ2v) is 6.69. The summed E-state index contributed by atoms with van der Waals surface area (Å²) in [5.74, 6) is -0.641. The molecule has 0 aliphatic heterocycles. The highest BCUT2D eigenvalue weighted by Gasteiger charge is 2.22. The van der Waals surface area contributed by atoms with Gasteiger partial charge in [0.1, 0.15) is 0 Å². The maximum atomic E-state index is 12.6. The Hall–Kier alpha value is -2.62. The van der Waals surface area contributed by atoms with E-state index in [1.54, 1.807) is 25.1 Å². The Morgan fingerprint density at radius 2 is 1.76 bits per heavy atom. The van der Waals surface area contributed by atoms with Gasteiger partial charge >= 0.3 is 5.97 Å². The third kappa shape index (κ3) is 3.73. The van der Waals surface area contributed by atoms with Crippen LogP contribution in [-0.2, 0) is 17.6 Å². The van der Waals surface area contributed by atoms with Crippen LogP contribution in [0.4, 0.5) is 5.69 Å². The van der Waals surface area contributed by atoms with E-state index in [0.29, 0.717) is 11.1 Å². The quantitative estimate of drug-likeness (QED) is 0.617. The van der Waals surface area contributed by atoms with Crippen LogP contribution < -0.4 is 4.90 Å². The van der Waals surface area contributed by atoms with Gasteiger partial charge in [0, 0.05) is 25.3 Å². The number of aryl methyl sites for hydroxylation is 2. The van der Waals surface area contributed by atoms with Crippen molar-refractivity contribution in [1.82, 2.24) is 0 Å². The van der Waals surface area contributed by atoms with Crippen LogP contribution in [0.1, 0.15) is 45.2 Å². The highest BCUT2D eigenvalue weighted by Crippen LogP contribution is 2.24. The molecule has 130 valence electrons. The molecule has 1 aliphatic carbocycles. The van der Waals surface area contributed by atoms with E-state index >= 15 is 0 Å². The summed E-state index contributed by atoms with van der Waals surface area (Å²) in [6, 6.07) is 13.0. The van der Waals surface area contributed by atoms with Gasteiger partial charge in [-0.15, -0.1) is 0 Å². The number of hydrogen-bond donors (Lipinski definition) is 0. The third-order valence-corrected chi connectivity index (χ3v) is 4.63. The lowest BCUT2D eigenvalue weighted by molar-refractivity contribution is 0.0319. The van der Waals surface area contributed by atoms with Crippen molar-refractivity contribution in [3.8, 4) is 0 Å². The zero-order valence-electron chi connectivity index (χ0n) is 14.9. The highest BCUT2D eigenvalue weighted by atomic mass is 16.5. The Labute approximate surface area is 148 Å². The predicted molar refractivity (Wildman–Crippen MR) is 98.4 cm³/mol. The van der Waals surface area contributed by atoms with Gasteiger partial charge in [-0.05, 0) is 61.6 Å². The second-order valence-electron chi connectivity index (χ2n) is 6.69. The van der Waals surface area contributed by atoms with Crippen LogP contribution in [0.15, 0.2) is 42.5 Å². The molecule has 0 saturated heterocycles. The first-order valence-corrected chi connectivity index (χ1v) is 8.60. The summed E-state index contributed by atoms with van der Waals surface area (Å²) in [4.78, 5) is 26.9. The molecule has 0 spiro atoms. The minimum Gasteiger partial charge on any atom is -0.451 e. The molecule has 0 amide bonds. The Morgan fingerprint density at radius 3 is 2.52 bits per heavy atom. The number of anilines is 1. The van der Waals surface area contributed by atoms with E-state index in [4.69, 9.17) is 4.74 Å². The minimum absolute atomic E-state index is 0.160. The summed E-state index contributed by atoms with van der Waals surface area (Å²) in [5, 5.41) is 0. The molecule has 3 rings (SSSR count). The van der Waals surface area contributed by atoms with E-state index in [9.17, 15) is 9.59 Å². The first-order chi connectivity index (χ1) is 12.0. The summed E-state index contributed by atoms with van der Waals surface area (Å²) in [7, 11) is 3.81. The monoisotopic (exact) mass is 337 g/mol. The molecule has 4 nitrogen and oxygen atoms in total. The van der Waals surface area contributed by atoms with Crippen molar-refractivity contribution in [3.05, 3.63) is 64.7 Å². The summed E-state index contributed by atoms with van der Waals surface area (Å²) < 4.78 is 5.40. The number of Topliss-reactive ketones (excluding diaryl/α,β-unsaturated/α-hetero) is 1. The second kappa shape index (κ2) is 7.09. The van der Waals surface area contributed by atoms with E-state index in [1.807, 2.05) is 43.3 Å². The molecule has 0 unspecified atom stereocenters. The van der Waals surface area contributed by atoms with Crippen molar-refractivity contribution in [3.63, 3.8) is 0 Å². The van der Waals surface area contributed by atoms with Crippen molar-refractivity contribution in [2.24, 2.45) is 0 Å². The summed E-state index contributed by atoms with van der Waals surface area (Å²) >= 11 is 0. The van der Waals surface area contributed by atoms with Gasteiger partial charge in [0.25, 0.3) is 0 Å². The fourth-order valence-corrected chi connectivity index (χ4v) is 3.15. The topological polar surface area (TPSA) is 46.6 Å². The SMILES string of the molecule is C[C@H](OC(=O)c1cccc(N(C)C)c1)C(=O)c1ccc2c(c1)CCC2. The van der Waals surface area contributed by atoms with E-state index in [0.717, 1.165) is 24.9 Å². The molecule has 25 heavy (non-hydrogen) atoms. The van der Waals surface area contributed by atoms with Crippen LogP contribution in [0, 0.1) is 0 Å². The molecule has 1 atom stereocenters. The van der Waals surface area contributed by atoms with Crippen LogP contribution in [0.5, 0.6) is 0 Å². The lowest BCUT2D eigenvalue weighted by atomic mass is 10.0. The van der Waals surface area contributed by atoms with Crippen molar-refractivity contribution in [2.75, 3.05) is 19.0 Å². The summed E-state index contributed by atoms with van der Waals surface area (Å²) in [6.07, 6.45) is 2.42. The Morgan fingerprint density at radius 1 is 1.00 bits per heavy atom. The molecular weight excluding hydrogens is 314 g/mol. The number of nitrogens with zero attached hydrogens (tertiary/aromatic N) is 1. The van der Waals surface area contributed by atoms with Gasteiger partial charge in [0.15, 0.2) is 6.10 Å². The molecule has 0 saturated carbocycles. The molecule has 0 fully saturated rings. The molecule has 4 heteroatoms. The fraction of sp³-hybridized carbons (Fsp3) is 0.333. The molecule has 0 bridgehead atoms. The Balaban J connectivity index is 1.71. The van der Waals surface area contributed by atoms with Gasteiger partial charge in [-0.25, -0.2) is 4.79 Å². The molecule has 2 aromatic rings. The highest BCUT2D eigenvalue weighted by molar-refractivity contribution is 6.01. The van der Waals surface area contributed by atoms with E-state index in [1.165, 1.54) is 11.1 Å². The first-order valence-electron chi connectivity index (χ1n) is 8.60. The lowest BCUT2D eigenvalue weighted by Gasteiger charge is -2.15. The first kappa shape index (κ1) is 17.2. The van der Waals surface area contributed by atoms with E-state index in [2.05, 4.69) is 0 Å². The predicted octanol–water partition coefficient (Wildman–Crippen LogP) is 3.67. The maximum absolute atomic E-state index is 12.6. The van der Waals surface area contributed by atoms with E-state index < -0.39 is 12.1 Å². The van der Waals surface area contributed by atoms with Crippen LogP contribution >= 0.6 is 0 Å². The normalized spacial score (nSPS) is 13.9. The molecule has 0 N–H and O–H groups in total. The van der Waals surface area contributed by atoms with Gasteiger partial charge in [-0.2, -0.15) is 0 Å². The van der Waals surface area contributed by atoms with E-state index in [-0.39, 0.29) is 5.78 Å². The fourth-order valence-electron chi connectivity index (χ4n) is 3.15. The molecule has 2 aromatic carbocycles. The maximum Gasteiger partial charge on any atom is 0.338 e. The number of ether oxygens (including phenoxy) is 1. The van der Waals surface area contributed by atoms with Gasteiger partial charge in [0.05, 0.1) is 5.56 Å². The molecule has 0 aromatic heterocycles. The van der Waals surface area contributed by atoms with Crippen LogP contribution in [0.3, 0.4) is 0 Å². The van der Waals surface area contributed by atoms with Crippen molar-refractivity contribution in [2.45, 2.75) is 32.3 Å². The average molecular weight is 337 g/mol. The van der Waals surface area contributed by atoms with Crippen LogP contribution in [-0.4, -0.2) is 32.0 Å². The number of hydrogen-bond acceptors (Lipinski definition) is 4. The standard InChI is InChI=1S/C21H23NO3/c1-14(20(23)17-11-10-15-6-4-7-16(15)12-17)25-21(24)18-8-5-9-19(13-18)22(2)3/h5,8-14H,4,6-7H2,1-3H3/t14-/m0/s1. The van der Waals surface area contributed by atoms with Crippen molar-refractivity contribution in [1.29, 1.82) is 0 Å². The minimum atomic E-state index is -0.810. The Kier molecular flexibility index (Phi) is 4.88. The smallest absolute Gasteiger partial charge is 0.338 e. The largest absolute Gasteiger partial charge is 0.451 e. The number of benzene rings is 2. The average Bonchev–Trinajstić information content (AvgIpc) is 3.08. The number of rotatable bonds is 5. The van der Waals surface area contributed by atoms with Crippen molar-refractivity contribution >= 4 is 17.4 Å². The van der Waals surface area contributed by atoms with Crippen molar-refractivity contribution < 1.29 is 14.3 Å². The zero-order chi connectivity index (χ0) is 18.0. The molecule has 0 radical (unpaired) electrons. The summed E-state index contributed by atoms with van der Waals surface area (Å²) in [5.41, 5.74) is 4.53. The number of esters is 1. The van der Waals surface area contributed by atoms with Gasteiger partial charge < -0.3 is 9.64 Å². The van der Waals surface area contributed by atoms with Crippen LogP contribution in [0.25, 0.3) is 0 Å². The lowest BCUT2D eigenvalue weighted by Crippen LogP contribution is -2.24. The Bertz CT molecular complexity index is 811. The molecule has 0 heterocycles. The number of carbonyl (C=O) groups excluding carboxylic acids is 2. The van der Waals surface area contributed by atoms with Crippen LogP contribution in [0.2, 0.25) is 0 Å². The summed E-state index contributed by atoms with van der Waals surface area (Å²) in [6.45, 7) is 1.63. The number of ketones is 1. The molecule has 1 aliphatic rings. The number of fused-ring (bicyclic) bond motifs is 1.